The molecular weight excluding hydrogens is 328 g/mol. The molecule has 2 N–H and O–H groups in total. The van der Waals surface area contributed by atoms with Crippen LogP contribution in [0, 0.1) is 0 Å². The quantitative estimate of drug-likeness (QED) is 0.507. The molecule has 1 aromatic rings. The summed E-state index contributed by atoms with van der Waals surface area (Å²) in [6.07, 6.45) is 1.12. The van der Waals surface area contributed by atoms with Gasteiger partial charge in [-0.3, -0.25) is 4.79 Å². The number of nitrogens with two attached hydrogens (primary N) is 1. The molecule has 0 radical (unpaired) electrons. The molecule has 1 aromatic heterocycles. The van der Waals surface area contributed by atoms with Gasteiger partial charge in [0.05, 0.1) is 5.75 Å². The fraction of sp³-hybridized carbons (Fsp3) is 0.667. The van der Waals surface area contributed by atoms with Crippen LogP contribution in [0.1, 0.15) is 19.3 Å². The van der Waals surface area contributed by atoms with Gasteiger partial charge in [0, 0.05) is 20.6 Å². The minimum atomic E-state index is -3.52. The molecule has 0 aromatic carbocycles. The number of hydrogen-bond acceptors (Lipinski definition) is 6. The lowest BCUT2D eigenvalue weighted by Gasteiger charge is -2.08. The second-order valence-electron chi connectivity index (χ2n) is 5.24. The summed E-state index contributed by atoms with van der Waals surface area (Å²) >= 11 is 0. The van der Waals surface area contributed by atoms with E-state index in [9.17, 15) is 27.6 Å². The zero-order valence-corrected chi connectivity index (χ0v) is 13.8. The van der Waals surface area contributed by atoms with Crippen molar-refractivity contribution in [2.75, 3.05) is 11.5 Å². The van der Waals surface area contributed by atoms with E-state index in [1.165, 1.54) is 14.1 Å². The Labute approximate surface area is 132 Å². The zero-order chi connectivity index (χ0) is 17.8. The second kappa shape index (κ2) is 7.40. The maximum atomic E-state index is 11.9. The number of nitrogens with zero attached hydrogens (tertiary/aromatic N) is 3. The average Bonchev–Trinajstić information content (AvgIpc) is 2.44. The van der Waals surface area contributed by atoms with Crippen molar-refractivity contribution in [1.29, 1.82) is 0 Å². The highest BCUT2D eigenvalue weighted by Crippen LogP contribution is 2.01. The number of carbonyl (C=O) groups is 1. The maximum absolute atomic E-state index is 11.9. The Balaban J connectivity index is 2.65. The summed E-state index contributed by atoms with van der Waals surface area (Å²) in [5.74, 6) is -1.77. The number of amides is 1. The van der Waals surface area contributed by atoms with Gasteiger partial charge < -0.3 is 5.73 Å². The highest BCUT2D eigenvalue weighted by atomic mass is 32.2. The summed E-state index contributed by atoms with van der Waals surface area (Å²) in [5, 5.41) is 0. The van der Waals surface area contributed by atoms with Crippen LogP contribution in [0.15, 0.2) is 14.4 Å². The van der Waals surface area contributed by atoms with Gasteiger partial charge in [0.1, 0.15) is 5.75 Å². The van der Waals surface area contributed by atoms with Crippen molar-refractivity contribution in [3.8, 4) is 0 Å². The molecule has 1 amide bonds. The fourth-order valence-electron chi connectivity index (χ4n) is 2.08. The minimum Gasteiger partial charge on any atom is -0.369 e. The SMILES string of the molecule is Cn1c(=O)n(C)c(=O)n(CCCCCS(=O)(=O)CC(N)=O)c1=O. The molecule has 11 heteroatoms. The number of carbonyl (C=O) groups excluding carboxylic acids is 1. The zero-order valence-electron chi connectivity index (χ0n) is 13.0. The molecule has 1 heterocycles. The number of aromatic nitrogens is 3. The van der Waals surface area contributed by atoms with Crippen molar-refractivity contribution in [2.24, 2.45) is 19.8 Å². The Morgan fingerprint density at radius 3 is 1.96 bits per heavy atom. The van der Waals surface area contributed by atoms with Crippen LogP contribution >= 0.6 is 0 Å². The molecular formula is C12H20N4O6S. The van der Waals surface area contributed by atoms with E-state index in [-0.39, 0.29) is 18.7 Å². The van der Waals surface area contributed by atoms with Gasteiger partial charge in [0.25, 0.3) is 0 Å². The summed E-state index contributed by atoms with van der Waals surface area (Å²) in [4.78, 5) is 45.9. The number of unbranched alkanes of at least 4 members (excludes halogenated alkanes) is 2. The molecule has 0 unspecified atom stereocenters. The van der Waals surface area contributed by atoms with E-state index in [0.29, 0.717) is 12.8 Å². The standard InChI is InChI=1S/C12H20N4O6S/c1-14-10(18)15(2)12(20)16(11(14)19)6-4-3-5-7-23(21,22)8-9(13)17/h3-8H2,1-2H3,(H2,13,17). The van der Waals surface area contributed by atoms with E-state index >= 15 is 0 Å². The first-order chi connectivity index (χ1) is 10.6. The van der Waals surface area contributed by atoms with Crippen LogP contribution in [-0.4, -0.2) is 39.5 Å². The fourth-order valence-corrected chi connectivity index (χ4v) is 3.30. The molecule has 130 valence electrons. The molecule has 0 saturated heterocycles. The first-order valence-electron chi connectivity index (χ1n) is 6.92. The van der Waals surface area contributed by atoms with Gasteiger partial charge in [-0.15, -0.1) is 0 Å². The third-order valence-corrected chi connectivity index (χ3v) is 4.94. The Kier molecular flexibility index (Phi) is 6.07. The topological polar surface area (TPSA) is 143 Å². The third kappa shape index (κ3) is 4.91. The van der Waals surface area contributed by atoms with Crippen LogP contribution < -0.4 is 22.8 Å². The van der Waals surface area contributed by atoms with Crippen molar-refractivity contribution in [3.05, 3.63) is 31.5 Å². The molecule has 0 aliphatic carbocycles. The summed E-state index contributed by atoms with van der Waals surface area (Å²) in [5.41, 5.74) is 2.72. The molecule has 0 aliphatic heterocycles. The second-order valence-corrected chi connectivity index (χ2v) is 7.42. The number of primary amides is 1. The van der Waals surface area contributed by atoms with Crippen molar-refractivity contribution < 1.29 is 13.2 Å². The van der Waals surface area contributed by atoms with Gasteiger partial charge in [0.2, 0.25) is 5.91 Å². The van der Waals surface area contributed by atoms with Gasteiger partial charge in [-0.2, -0.15) is 0 Å². The monoisotopic (exact) mass is 348 g/mol. The predicted molar refractivity (Wildman–Crippen MR) is 82.9 cm³/mol. The van der Waals surface area contributed by atoms with Gasteiger partial charge in [-0.25, -0.2) is 36.5 Å². The molecule has 10 nitrogen and oxygen atoms in total. The molecule has 0 aliphatic rings. The normalized spacial score (nSPS) is 11.6. The summed E-state index contributed by atoms with van der Waals surface area (Å²) in [7, 11) is -0.966. The van der Waals surface area contributed by atoms with E-state index in [2.05, 4.69) is 0 Å². The molecule has 0 saturated carbocycles. The molecule has 0 fully saturated rings. The van der Waals surface area contributed by atoms with Crippen LogP contribution in [0.5, 0.6) is 0 Å². The van der Waals surface area contributed by atoms with E-state index < -0.39 is 38.6 Å². The average molecular weight is 348 g/mol. The smallest absolute Gasteiger partial charge is 0.336 e. The van der Waals surface area contributed by atoms with E-state index in [1.54, 1.807) is 0 Å². The molecule has 0 spiro atoms. The Morgan fingerprint density at radius 1 is 0.957 bits per heavy atom. The van der Waals surface area contributed by atoms with Crippen molar-refractivity contribution in [3.63, 3.8) is 0 Å². The van der Waals surface area contributed by atoms with Gasteiger partial charge in [0.15, 0.2) is 9.84 Å². The predicted octanol–water partition coefficient (Wildman–Crippen LogP) is -2.68. The molecule has 0 bridgehead atoms. The first-order valence-corrected chi connectivity index (χ1v) is 8.74. The lowest BCUT2D eigenvalue weighted by atomic mass is 10.2. The molecule has 1 rings (SSSR count). The first kappa shape index (κ1) is 18.9. The summed E-state index contributed by atoms with van der Waals surface area (Å²) in [6, 6.07) is 0. The lowest BCUT2D eigenvalue weighted by Crippen LogP contribution is -2.52. The van der Waals surface area contributed by atoms with Crippen LogP contribution in [-0.2, 0) is 35.3 Å². The van der Waals surface area contributed by atoms with E-state index in [0.717, 1.165) is 13.7 Å². The minimum absolute atomic E-state index is 0.0789. The van der Waals surface area contributed by atoms with Crippen molar-refractivity contribution in [1.82, 2.24) is 13.7 Å². The van der Waals surface area contributed by atoms with Crippen LogP contribution in [0.2, 0.25) is 0 Å². The number of rotatable bonds is 8. The van der Waals surface area contributed by atoms with Gasteiger partial charge >= 0.3 is 17.1 Å². The number of sulfone groups is 1. The largest absolute Gasteiger partial charge is 0.369 e. The Bertz CT molecular complexity index is 821. The maximum Gasteiger partial charge on any atom is 0.336 e. The van der Waals surface area contributed by atoms with Crippen LogP contribution in [0.4, 0.5) is 0 Å². The van der Waals surface area contributed by atoms with Gasteiger partial charge in [-0.05, 0) is 12.8 Å². The van der Waals surface area contributed by atoms with Crippen LogP contribution in [0.3, 0.4) is 0 Å². The molecule has 23 heavy (non-hydrogen) atoms. The third-order valence-electron chi connectivity index (χ3n) is 3.31. The number of hydrogen-bond donors (Lipinski definition) is 1. The van der Waals surface area contributed by atoms with E-state index in [4.69, 9.17) is 5.73 Å². The van der Waals surface area contributed by atoms with E-state index in [1.807, 2.05) is 0 Å². The Hall–Kier alpha value is -2.17. The van der Waals surface area contributed by atoms with Crippen LogP contribution in [0.25, 0.3) is 0 Å². The highest BCUT2D eigenvalue weighted by molar-refractivity contribution is 7.92. The molecule has 0 atom stereocenters. The van der Waals surface area contributed by atoms with Crippen molar-refractivity contribution >= 4 is 15.7 Å². The Morgan fingerprint density at radius 2 is 1.48 bits per heavy atom. The van der Waals surface area contributed by atoms with Crippen molar-refractivity contribution in [2.45, 2.75) is 25.8 Å². The van der Waals surface area contributed by atoms with Gasteiger partial charge in [-0.1, -0.05) is 6.42 Å². The highest BCUT2D eigenvalue weighted by Gasteiger charge is 2.14. The summed E-state index contributed by atoms with van der Waals surface area (Å²) in [6.45, 7) is 0.0789. The lowest BCUT2D eigenvalue weighted by molar-refractivity contribution is -0.115. The summed E-state index contributed by atoms with van der Waals surface area (Å²) < 4.78 is 25.5.